The van der Waals surface area contributed by atoms with Crippen LogP contribution in [0.5, 0.6) is 0 Å². The summed E-state index contributed by atoms with van der Waals surface area (Å²) in [5.74, 6) is 1.16. The number of nitrogens with one attached hydrogen (secondary N) is 1. The summed E-state index contributed by atoms with van der Waals surface area (Å²) in [6.07, 6.45) is 10.6. The van der Waals surface area contributed by atoms with Crippen molar-refractivity contribution < 1.29 is 4.74 Å². The molecule has 2 saturated heterocycles. The van der Waals surface area contributed by atoms with Crippen LogP contribution in [0, 0.1) is 0 Å². The van der Waals surface area contributed by atoms with Gasteiger partial charge in [-0.1, -0.05) is 6.42 Å². The molecule has 5 heteroatoms. The van der Waals surface area contributed by atoms with Crippen molar-refractivity contribution in [1.29, 1.82) is 0 Å². The zero-order valence-electron chi connectivity index (χ0n) is 13.7. The molecular formula is C18H26N4O. The summed E-state index contributed by atoms with van der Waals surface area (Å²) < 4.78 is 8.26. The minimum atomic E-state index is 0.307. The summed E-state index contributed by atoms with van der Waals surface area (Å²) in [7, 11) is 0. The highest BCUT2D eigenvalue weighted by Gasteiger charge is 2.22. The van der Waals surface area contributed by atoms with Gasteiger partial charge in [-0.3, -0.25) is 0 Å². The van der Waals surface area contributed by atoms with E-state index in [2.05, 4.69) is 20.9 Å². The van der Waals surface area contributed by atoms with E-state index in [0.29, 0.717) is 12.1 Å². The summed E-state index contributed by atoms with van der Waals surface area (Å²) in [4.78, 5) is 9.46. The first kappa shape index (κ1) is 15.1. The summed E-state index contributed by atoms with van der Waals surface area (Å²) in [6.45, 7) is 2.91. The van der Waals surface area contributed by atoms with Gasteiger partial charge in [0.1, 0.15) is 11.3 Å². The molecule has 0 radical (unpaired) electrons. The number of aromatic nitrogens is 3. The number of fused-ring (bicyclic) bond motifs is 1. The summed E-state index contributed by atoms with van der Waals surface area (Å²) in [5, 5.41) is 3.64. The van der Waals surface area contributed by atoms with Gasteiger partial charge >= 0.3 is 0 Å². The van der Waals surface area contributed by atoms with Crippen molar-refractivity contribution in [2.75, 3.05) is 13.2 Å². The molecule has 4 heterocycles. The molecule has 0 bridgehead atoms. The molecule has 124 valence electrons. The predicted molar refractivity (Wildman–Crippen MR) is 90.5 cm³/mol. The van der Waals surface area contributed by atoms with Gasteiger partial charge in [0.2, 0.25) is 0 Å². The Labute approximate surface area is 137 Å². The number of hydrogen-bond acceptors (Lipinski definition) is 4. The Hall–Kier alpha value is -1.46. The van der Waals surface area contributed by atoms with Gasteiger partial charge in [0.05, 0.1) is 12.6 Å². The van der Waals surface area contributed by atoms with E-state index in [0.717, 1.165) is 49.5 Å². The Balaban J connectivity index is 1.60. The quantitative estimate of drug-likeness (QED) is 0.943. The molecule has 2 aromatic rings. The number of imidazole rings is 1. The first-order valence-corrected chi connectivity index (χ1v) is 9.05. The van der Waals surface area contributed by atoms with E-state index in [-0.39, 0.29) is 0 Å². The van der Waals surface area contributed by atoms with Crippen molar-refractivity contribution in [3.63, 3.8) is 0 Å². The normalized spacial score (nSPS) is 25.7. The van der Waals surface area contributed by atoms with E-state index in [1.165, 1.54) is 32.1 Å². The monoisotopic (exact) mass is 314 g/mol. The minimum absolute atomic E-state index is 0.307. The fraction of sp³-hybridized carbons (Fsp3) is 0.667. The summed E-state index contributed by atoms with van der Waals surface area (Å²) in [5.41, 5.74) is 2.02. The van der Waals surface area contributed by atoms with Gasteiger partial charge in [-0.05, 0) is 50.8 Å². The zero-order valence-corrected chi connectivity index (χ0v) is 13.7. The van der Waals surface area contributed by atoms with Crippen molar-refractivity contribution >= 4 is 11.2 Å². The standard InChI is InChI=1S/C18H26N4O/c1-3-9-19-14(6-1)12-17-21-16-8-5-10-20-18(16)22(17)13-15-7-2-4-11-23-15/h5,8,10,14-15,19H,1-4,6-7,9,11-13H2. The van der Waals surface area contributed by atoms with Crippen molar-refractivity contribution in [2.24, 2.45) is 0 Å². The molecule has 2 atom stereocenters. The van der Waals surface area contributed by atoms with Crippen LogP contribution in [0.1, 0.15) is 44.3 Å². The molecule has 0 amide bonds. The van der Waals surface area contributed by atoms with E-state index in [9.17, 15) is 0 Å². The van der Waals surface area contributed by atoms with Crippen molar-refractivity contribution in [3.05, 3.63) is 24.2 Å². The Kier molecular flexibility index (Phi) is 4.57. The molecule has 0 spiro atoms. The second-order valence-corrected chi connectivity index (χ2v) is 6.82. The maximum atomic E-state index is 5.95. The second-order valence-electron chi connectivity index (χ2n) is 6.82. The van der Waals surface area contributed by atoms with Crippen LogP contribution in [0.25, 0.3) is 11.2 Å². The van der Waals surface area contributed by atoms with Crippen LogP contribution in [-0.2, 0) is 17.7 Å². The van der Waals surface area contributed by atoms with Crippen LogP contribution in [-0.4, -0.2) is 39.8 Å². The van der Waals surface area contributed by atoms with E-state index in [4.69, 9.17) is 9.72 Å². The molecule has 4 rings (SSSR count). The Bertz CT molecular complexity index is 642. The number of piperidine rings is 1. The fourth-order valence-electron chi connectivity index (χ4n) is 3.83. The molecule has 2 aromatic heterocycles. The van der Waals surface area contributed by atoms with E-state index >= 15 is 0 Å². The van der Waals surface area contributed by atoms with Gasteiger partial charge in [0.15, 0.2) is 5.65 Å². The molecule has 2 aliphatic heterocycles. The van der Waals surface area contributed by atoms with Crippen LogP contribution >= 0.6 is 0 Å². The van der Waals surface area contributed by atoms with Crippen LogP contribution < -0.4 is 5.32 Å². The summed E-state index contributed by atoms with van der Waals surface area (Å²) in [6, 6.07) is 4.59. The van der Waals surface area contributed by atoms with Crippen molar-refractivity contribution in [3.8, 4) is 0 Å². The smallest absolute Gasteiger partial charge is 0.160 e. The van der Waals surface area contributed by atoms with Crippen molar-refractivity contribution in [2.45, 2.75) is 63.6 Å². The molecule has 23 heavy (non-hydrogen) atoms. The predicted octanol–water partition coefficient (Wildman–Crippen LogP) is 2.69. The Morgan fingerprint density at radius 3 is 3.00 bits per heavy atom. The minimum Gasteiger partial charge on any atom is -0.376 e. The topological polar surface area (TPSA) is 52.0 Å². The molecule has 2 fully saturated rings. The maximum Gasteiger partial charge on any atom is 0.160 e. The van der Waals surface area contributed by atoms with Crippen LogP contribution in [0.3, 0.4) is 0 Å². The molecule has 0 aliphatic carbocycles. The van der Waals surface area contributed by atoms with Gasteiger partial charge in [0.25, 0.3) is 0 Å². The number of rotatable bonds is 4. The van der Waals surface area contributed by atoms with Gasteiger partial charge in [-0.2, -0.15) is 0 Å². The number of pyridine rings is 1. The number of ether oxygens (including phenoxy) is 1. The average molecular weight is 314 g/mol. The third-order valence-corrected chi connectivity index (χ3v) is 5.08. The van der Waals surface area contributed by atoms with Gasteiger partial charge < -0.3 is 14.6 Å². The first-order valence-electron chi connectivity index (χ1n) is 9.05. The van der Waals surface area contributed by atoms with Crippen molar-refractivity contribution in [1.82, 2.24) is 19.9 Å². The SMILES string of the molecule is c1cnc2c(c1)nc(CC1CCCCN1)n2CC1CCCCO1. The van der Waals surface area contributed by atoms with Gasteiger partial charge in [0, 0.05) is 25.3 Å². The second kappa shape index (κ2) is 6.97. The highest BCUT2D eigenvalue weighted by atomic mass is 16.5. The highest BCUT2D eigenvalue weighted by molar-refractivity contribution is 5.71. The lowest BCUT2D eigenvalue weighted by atomic mass is 10.0. The number of hydrogen-bond donors (Lipinski definition) is 1. The lowest BCUT2D eigenvalue weighted by Gasteiger charge is -2.26. The molecule has 1 N–H and O–H groups in total. The molecule has 5 nitrogen and oxygen atoms in total. The fourth-order valence-corrected chi connectivity index (χ4v) is 3.83. The van der Waals surface area contributed by atoms with E-state index in [1.807, 2.05) is 12.3 Å². The van der Waals surface area contributed by atoms with Gasteiger partial charge in [-0.25, -0.2) is 9.97 Å². The zero-order chi connectivity index (χ0) is 15.5. The van der Waals surface area contributed by atoms with Crippen LogP contribution in [0.15, 0.2) is 18.3 Å². The first-order chi connectivity index (χ1) is 11.4. The van der Waals surface area contributed by atoms with Gasteiger partial charge in [-0.15, -0.1) is 0 Å². The number of nitrogens with zero attached hydrogens (tertiary/aromatic N) is 3. The van der Waals surface area contributed by atoms with E-state index < -0.39 is 0 Å². The largest absolute Gasteiger partial charge is 0.376 e. The molecule has 2 unspecified atom stereocenters. The molecule has 2 aliphatic rings. The average Bonchev–Trinajstić information content (AvgIpc) is 2.94. The molecule has 0 saturated carbocycles. The highest BCUT2D eigenvalue weighted by Crippen LogP contribution is 2.21. The molecular weight excluding hydrogens is 288 g/mol. The lowest BCUT2D eigenvalue weighted by molar-refractivity contribution is 0.00604. The lowest BCUT2D eigenvalue weighted by Crippen LogP contribution is -2.36. The van der Waals surface area contributed by atoms with E-state index in [1.54, 1.807) is 0 Å². The van der Waals surface area contributed by atoms with Crippen LogP contribution in [0.2, 0.25) is 0 Å². The molecule has 0 aromatic carbocycles. The Morgan fingerprint density at radius 1 is 1.22 bits per heavy atom. The Morgan fingerprint density at radius 2 is 2.17 bits per heavy atom. The van der Waals surface area contributed by atoms with Crippen LogP contribution in [0.4, 0.5) is 0 Å². The summed E-state index contributed by atoms with van der Waals surface area (Å²) >= 11 is 0. The third kappa shape index (κ3) is 3.40. The maximum absolute atomic E-state index is 5.95. The third-order valence-electron chi connectivity index (χ3n) is 5.08.